The molecule has 8 nitrogen and oxygen atoms in total. The summed E-state index contributed by atoms with van der Waals surface area (Å²) in [5.41, 5.74) is 1.69. The summed E-state index contributed by atoms with van der Waals surface area (Å²) < 4.78 is 12.1. The monoisotopic (exact) mass is 469 g/mol. The summed E-state index contributed by atoms with van der Waals surface area (Å²) in [5.74, 6) is 1.15. The molecule has 5 rings (SSSR count). The molecule has 156 valence electrons. The molecule has 0 bridgehead atoms. The number of carbonyl (C=O) groups excluding carboxylic acids is 1. The second kappa shape index (κ2) is 9.00. The summed E-state index contributed by atoms with van der Waals surface area (Å²) in [6, 6.07) is 11.7. The van der Waals surface area contributed by atoms with Crippen LogP contribution in [0.5, 0.6) is 0 Å². The first kappa shape index (κ1) is 19.9. The second-order valence-electron chi connectivity index (χ2n) is 6.39. The Hall–Kier alpha value is -3.02. The van der Waals surface area contributed by atoms with E-state index in [4.69, 9.17) is 8.83 Å². The Kier molecular flexibility index (Phi) is 5.78. The number of hydrogen-bond donors (Lipinski definition) is 1. The van der Waals surface area contributed by atoms with Gasteiger partial charge in [0, 0.05) is 18.2 Å². The molecule has 0 radical (unpaired) electrons. The highest BCUT2D eigenvalue weighted by Crippen LogP contribution is 2.26. The van der Waals surface area contributed by atoms with Crippen molar-refractivity contribution in [3.05, 3.63) is 58.9 Å². The summed E-state index contributed by atoms with van der Waals surface area (Å²) in [6.07, 6.45) is 2.92. The Morgan fingerprint density at radius 1 is 1.10 bits per heavy atom. The van der Waals surface area contributed by atoms with Gasteiger partial charge >= 0.3 is 0 Å². The number of aromatic nitrogens is 4. The predicted molar refractivity (Wildman–Crippen MR) is 120 cm³/mol. The molecular formula is C20H15N5O3S3. The molecule has 0 aliphatic heterocycles. The molecule has 0 saturated heterocycles. The van der Waals surface area contributed by atoms with Crippen molar-refractivity contribution in [1.82, 2.24) is 20.2 Å². The van der Waals surface area contributed by atoms with Gasteiger partial charge in [-0.15, -0.1) is 32.9 Å². The quantitative estimate of drug-likeness (QED) is 0.319. The van der Waals surface area contributed by atoms with Crippen molar-refractivity contribution >= 4 is 55.7 Å². The number of benzene rings is 1. The molecule has 4 aromatic heterocycles. The fourth-order valence-electron chi connectivity index (χ4n) is 2.79. The van der Waals surface area contributed by atoms with Gasteiger partial charge < -0.3 is 14.2 Å². The van der Waals surface area contributed by atoms with Crippen LogP contribution in [-0.2, 0) is 17.6 Å². The van der Waals surface area contributed by atoms with Crippen LogP contribution in [0.4, 0.5) is 5.13 Å². The molecule has 1 aromatic carbocycles. The van der Waals surface area contributed by atoms with Crippen LogP contribution in [0.3, 0.4) is 0 Å². The lowest BCUT2D eigenvalue weighted by atomic mass is 10.3. The maximum atomic E-state index is 12.2. The number of anilines is 1. The minimum atomic E-state index is -0.195. The average molecular weight is 470 g/mol. The van der Waals surface area contributed by atoms with Crippen molar-refractivity contribution in [3.63, 3.8) is 0 Å². The number of hydrogen-bond acceptors (Lipinski definition) is 10. The number of carbonyl (C=O) groups is 1. The van der Waals surface area contributed by atoms with Gasteiger partial charge in [0.2, 0.25) is 11.8 Å². The molecule has 11 heteroatoms. The topological polar surface area (TPSA) is 107 Å². The van der Waals surface area contributed by atoms with E-state index in [-0.39, 0.29) is 11.7 Å². The van der Waals surface area contributed by atoms with Crippen molar-refractivity contribution < 1.29 is 13.6 Å². The van der Waals surface area contributed by atoms with Gasteiger partial charge in [-0.2, -0.15) is 0 Å². The average Bonchev–Trinajstić information content (AvgIpc) is 3.57. The highest BCUT2D eigenvalue weighted by molar-refractivity contribution is 7.99. The fraction of sp³-hybridized carbons (Fsp3) is 0.150. The van der Waals surface area contributed by atoms with Crippen LogP contribution in [0.2, 0.25) is 0 Å². The number of nitrogens with one attached hydrogen (secondary N) is 1. The SMILES string of the molecule is O=C(CSc1nnc(CCc2nc3ccccc3s2)o1)Nc1nc(-c2ccco2)cs1. The molecule has 1 N–H and O–H groups in total. The summed E-state index contributed by atoms with van der Waals surface area (Å²) in [6.45, 7) is 0. The first-order chi connectivity index (χ1) is 15.2. The number of nitrogens with zero attached hydrogens (tertiary/aromatic N) is 4. The van der Waals surface area contributed by atoms with E-state index >= 15 is 0 Å². The second-order valence-corrected chi connectivity index (χ2v) is 9.29. The molecule has 1 amide bonds. The molecule has 0 unspecified atom stereocenters. The first-order valence-corrected chi connectivity index (χ1v) is 12.0. The Bertz CT molecular complexity index is 1280. The number of thiazole rings is 2. The predicted octanol–water partition coefficient (Wildman–Crippen LogP) is 4.91. The number of aryl methyl sites for hydroxylation is 2. The zero-order valence-electron chi connectivity index (χ0n) is 16.0. The smallest absolute Gasteiger partial charge is 0.277 e. The maximum Gasteiger partial charge on any atom is 0.277 e. The van der Waals surface area contributed by atoms with Gasteiger partial charge in [0.05, 0.1) is 27.2 Å². The number of amides is 1. The Morgan fingerprint density at radius 2 is 2.03 bits per heavy atom. The molecule has 0 atom stereocenters. The molecule has 0 aliphatic rings. The summed E-state index contributed by atoms with van der Waals surface area (Å²) in [4.78, 5) is 21.2. The van der Waals surface area contributed by atoms with Crippen molar-refractivity contribution in [1.29, 1.82) is 0 Å². The van der Waals surface area contributed by atoms with Crippen LogP contribution in [0, 0.1) is 0 Å². The first-order valence-electron chi connectivity index (χ1n) is 9.32. The van der Waals surface area contributed by atoms with Crippen molar-refractivity contribution in [3.8, 4) is 11.5 Å². The Labute approximate surface area is 188 Å². The maximum absolute atomic E-state index is 12.2. The van der Waals surface area contributed by atoms with E-state index in [1.807, 2.05) is 29.6 Å². The highest BCUT2D eigenvalue weighted by atomic mass is 32.2. The molecular weight excluding hydrogens is 454 g/mol. The number of para-hydroxylation sites is 1. The van der Waals surface area contributed by atoms with E-state index in [0.717, 1.165) is 16.9 Å². The van der Waals surface area contributed by atoms with Gasteiger partial charge in [-0.3, -0.25) is 4.79 Å². The van der Waals surface area contributed by atoms with E-state index in [1.165, 1.54) is 27.8 Å². The van der Waals surface area contributed by atoms with Gasteiger partial charge in [0.15, 0.2) is 10.9 Å². The fourth-order valence-corrected chi connectivity index (χ4v) is 5.05. The lowest BCUT2D eigenvalue weighted by molar-refractivity contribution is -0.113. The zero-order valence-corrected chi connectivity index (χ0v) is 18.4. The Balaban J connectivity index is 1.11. The molecule has 4 heterocycles. The molecule has 5 aromatic rings. The largest absolute Gasteiger partial charge is 0.463 e. The lowest BCUT2D eigenvalue weighted by Crippen LogP contribution is -2.13. The number of fused-ring (bicyclic) bond motifs is 1. The molecule has 31 heavy (non-hydrogen) atoms. The van der Waals surface area contributed by atoms with Crippen LogP contribution < -0.4 is 5.32 Å². The highest BCUT2D eigenvalue weighted by Gasteiger charge is 2.13. The van der Waals surface area contributed by atoms with Crippen LogP contribution in [-0.4, -0.2) is 31.8 Å². The molecule has 0 saturated carbocycles. The van der Waals surface area contributed by atoms with Crippen LogP contribution in [0.1, 0.15) is 10.9 Å². The van der Waals surface area contributed by atoms with Crippen molar-refractivity contribution in [2.45, 2.75) is 18.1 Å². The van der Waals surface area contributed by atoms with Gasteiger partial charge in [0.25, 0.3) is 5.22 Å². The van der Waals surface area contributed by atoms with Gasteiger partial charge in [-0.05, 0) is 24.3 Å². The van der Waals surface area contributed by atoms with E-state index < -0.39 is 0 Å². The summed E-state index contributed by atoms with van der Waals surface area (Å²) >= 11 is 4.20. The minimum Gasteiger partial charge on any atom is -0.463 e. The number of thioether (sulfide) groups is 1. The molecule has 0 spiro atoms. The standard InChI is InChI=1S/C20H15N5O3S3/c26-16(23-19-22-13(10-29-19)14-5-3-9-27-14)11-30-20-25-24-17(28-20)7-8-18-21-12-4-1-2-6-15(12)31-18/h1-6,9-10H,7-8,11H2,(H,22,23,26). The molecule has 0 aliphatic carbocycles. The van der Waals surface area contributed by atoms with Crippen molar-refractivity contribution in [2.75, 3.05) is 11.1 Å². The van der Waals surface area contributed by atoms with Crippen LogP contribution in [0.25, 0.3) is 21.7 Å². The third-order valence-electron chi connectivity index (χ3n) is 4.19. The van der Waals surface area contributed by atoms with E-state index in [1.54, 1.807) is 23.7 Å². The van der Waals surface area contributed by atoms with Gasteiger partial charge in [0.1, 0.15) is 5.69 Å². The van der Waals surface area contributed by atoms with Crippen LogP contribution in [0.15, 0.2) is 62.1 Å². The van der Waals surface area contributed by atoms with Gasteiger partial charge in [-0.1, -0.05) is 23.9 Å². The lowest BCUT2D eigenvalue weighted by Gasteiger charge is -1.99. The van der Waals surface area contributed by atoms with Gasteiger partial charge in [-0.25, -0.2) is 9.97 Å². The minimum absolute atomic E-state index is 0.148. The summed E-state index contributed by atoms with van der Waals surface area (Å²) in [7, 11) is 0. The zero-order chi connectivity index (χ0) is 21.0. The number of rotatable bonds is 8. The van der Waals surface area contributed by atoms with E-state index in [9.17, 15) is 4.79 Å². The normalized spacial score (nSPS) is 11.2. The van der Waals surface area contributed by atoms with E-state index in [2.05, 4.69) is 31.5 Å². The van der Waals surface area contributed by atoms with Crippen LogP contribution >= 0.6 is 34.4 Å². The number of furan rings is 1. The van der Waals surface area contributed by atoms with E-state index in [0.29, 0.717) is 34.1 Å². The van der Waals surface area contributed by atoms with Crippen molar-refractivity contribution in [2.24, 2.45) is 0 Å². The summed E-state index contributed by atoms with van der Waals surface area (Å²) in [5, 5.41) is 14.6. The Morgan fingerprint density at radius 3 is 2.90 bits per heavy atom. The molecule has 0 fully saturated rings. The third kappa shape index (κ3) is 4.84. The third-order valence-corrected chi connectivity index (χ3v) is 6.86.